The maximum atomic E-state index is 11.9. The molecule has 23 heavy (non-hydrogen) atoms. The zero-order valence-electron chi connectivity index (χ0n) is 12.6. The lowest BCUT2D eigenvalue weighted by atomic mass is 9.96. The summed E-state index contributed by atoms with van der Waals surface area (Å²) in [6, 6.07) is 6.79. The number of carbonyl (C=O) groups is 3. The summed E-state index contributed by atoms with van der Waals surface area (Å²) < 4.78 is 5.68. The molecular formula is C16H19N3O4. The number of fused-ring (bicyclic) bond motifs is 1. The first-order chi connectivity index (χ1) is 11.1. The van der Waals surface area contributed by atoms with E-state index >= 15 is 0 Å². The fourth-order valence-electron chi connectivity index (χ4n) is 2.81. The van der Waals surface area contributed by atoms with Crippen LogP contribution in [0.2, 0.25) is 0 Å². The third-order valence-electron chi connectivity index (χ3n) is 4.06. The highest BCUT2D eigenvalue weighted by Crippen LogP contribution is 2.26. The van der Waals surface area contributed by atoms with Crippen LogP contribution in [-0.2, 0) is 16.0 Å². The minimum atomic E-state index is -0.613. The third-order valence-corrected chi connectivity index (χ3v) is 4.06. The summed E-state index contributed by atoms with van der Waals surface area (Å²) in [5.74, 6) is 0.652. The number of ether oxygens (including phenoxy) is 1. The molecular weight excluding hydrogens is 298 g/mol. The number of urea groups is 1. The Morgan fingerprint density at radius 2 is 2.13 bits per heavy atom. The molecule has 0 bridgehead atoms. The molecule has 2 aliphatic heterocycles. The predicted molar refractivity (Wildman–Crippen MR) is 81.8 cm³/mol. The van der Waals surface area contributed by atoms with E-state index in [1.165, 1.54) is 0 Å². The lowest BCUT2D eigenvalue weighted by molar-refractivity contribution is -0.122. The molecule has 3 N–H and O–H groups in total. The number of hydrogen-bond donors (Lipinski definition) is 3. The highest BCUT2D eigenvalue weighted by Gasteiger charge is 2.29. The summed E-state index contributed by atoms with van der Waals surface area (Å²) in [7, 11) is 0. The van der Waals surface area contributed by atoms with E-state index in [0.29, 0.717) is 19.6 Å². The molecule has 0 saturated carbocycles. The summed E-state index contributed by atoms with van der Waals surface area (Å²) in [4.78, 5) is 34.2. The first-order valence-corrected chi connectivity index (χ1v) is 7.70. The number of hydrogen-bond acceptors (Lipinski definition) is 4. The van der Waals surface area contributed by atoms with Crippen molar-refractivity contribution < 1.29 is 19.1 Å². The normalized spacial score (nSPS) is 22.6. The first-order valence-electron chi connectivity index (χ1n) is 7.70. The number of carbonyl (C=O) groups excluding carboxylic acids is 3. The van der Waals surface area contributed by atoms with E-state index in [1.807, 2.05) is 24.3 Å². The molecule has 122 valence electrons. The zero-order valence-corrected chi connectivity index (χ0v) is 12.6. The molecule has 4 amide bonds. The Kier molecular flexibility index (Phi) is 4.45. The van der Waals surface area contributed by atoms with Crippen LogP contribution in [0.15, 0.2) is 24.3 Å². The quantitative estimate of drug-likeness (QED) is 0.682. The van der Waals surface area contributed by atoms with Gasteiger partial charge in [-0.1, -0.05) is 18.2 Å². The van der Waals surface area contributed by atoms with Crippen LogP contribution < -0.4 is 20.7 Å². The smallest absolute Gasteiger partial charge is 0.322 e. The largest absolute Gasteiger partial charge is 0.493 e. The Hall–Kier alpha value is -2.57. The number of imide groups is 1. The van der Waals surface area contributed by atoms with Crippen molar-refractivity contribution in [3.05, 3.63) is 29.8 Å². The van der Waals surface area contributed by atoms with Crippen molar-refractivity contribution in [2.45, 2.75) is 25.3 Å². The standard InChI is InChI=1S/C16H19N3O4/c20-14(6-5-12-15(21)19-16(22)18-12)17-8-10-7-11-3-1-2-4-13(11)23-9-10/h1-4,10,12H,5-9H2,(H,17,20)(H2,18,19,21,22)/t10-,12-/m0/s1. The number of para-hydroxylation sites is 1. The molecule has 1 fully saturated rings. The Balaban J connectivity index is 1.40. The number of nitrogens with one attached hydrogen (secondary N) is 3. The molecule has 1 aromatic carbocycles. The van der Waals surface area contributed by atoms with Crippen LogP contribution in [0.25, 0.3) is 0 Å². The highest BCUT2D eigenvalue weighted by molar-refractivity contribution is 6.04. The molecule has 7 nitrogen and oxygen atoms in total. The van der Waals surface area contributed by atoms with Gasteiger partial charge < -0.3 is 15.4 Å². The van der Waals surface area contributed by atoms with Gasteiger partial charge in [-0.3, -0.25) is 14.9 Å². The number of benzene rings is 1. The first kappa shape index (κ1) is 15.3. The predicted octanol–water partition coefficient (Wildman–Crippen LogP) is 0.342. The van der Waals surface area contributed by atoms with E-state index < -0.39 is 12.1 Å². The fourth-order valence-corrected chi connectivity index (χ4v) is 2.81. The molecule has 2 aliphatic rings. The van der Waals surface area contributed by atoms with Crippen LogP contribution in [-0.4, -0.2) is 37.0 Å². The molecule has 0 spiro atoms. The molecule has 7 heteroatoms. The van der Waals surface area contributed by atoms with E-state index in [9.17, 15) is 14.4 Å². The van der Waals surface area contributed by atoms with E-state index in [-0.39, 0.29) is 24.2 Å². The van der Waals surface area contributed by atoms with Crippen LogP contribution in [0.1, 0.15) is 18.4 Å². The number of rotatable bonds is 5. The molecule has 0 radical (unpaired) electrons. The Morgan fingerprint density at radius 3 is 2.91 bits per heavy atom. The molecule has 2 atom stereocenters. The molecule has 0 aliphatic carbocycles. The van der Waals surface area contributed by atoms with Crippen molar-refractivity contribution in [3.63, 3.8) is 0 Å². The maximum absolute atomic E-state index is 11.9. The second-order valence-electron chi connectivity index (χ2n) is 5.85. The van der Waals surface area contributed by atoms with E-state index in [2.05, 4.69) is 16.0 Å². The minimum Gasteiger partial charge on any atom is -0.493 e. The van der Waals surface area contributed by atoms with Crippen LogP contribution >= 0.6 is 0 Å². The average Bonchev–Trinajstić information content (AvgIpc) is 2.88. The van der Waals surface area contributed by atoms with E-state index in [0.717, 1.165) is 17.7 Å². The fraction of sp³-hybridized carbons (Fsp3) is 0.438. The summed E-state index contributed by atoms with van der Waals surface area (Å²) in [5.41, 5.74) is 1.16. The van der Waals surface area contributed by atoms with Crippen molar-refractivity contribution >= 4 is 17.8 Å². The van der Waals surface area contributed by atoms with Crippen LogP contribution in [0, 0.1) is 5.92 Å². The second kappa shape index (κ2) is 6.68. The SMILES string of the molecule is O=C(CC[C@@H]1NC(=O)NC1=O)NC[C@H]1COc2ccccc2C1. The van der Waals surface area contributed by atoms with Gasteiger partial charge in [0, 0.05) is 18.9 Å². The summed E-state index contributed by atoms with van der Waals surface area (Å²) in [6.07, 6.45) is 1.37. The Morgan fingerprint density at radius 1 is 1.30 bits per heavy atom. The molecule has 0 aromatic heterocycles. The third kappa shape index (κ3) is 3.80. The van der Waals surface area contributed by atoms with Crippen LogP contribution in [0.4, 0.5) is 4.79 Å². The van der Waals surface area contributed by atoms with Gasteiger partial charge in [0.15, 0.2) is 0 Å². The van der Waals surface area contributed by atoms with Gasteiger partial charge in [0.2, 0.25) is 5.91 Å². The molecule has 1 aromatic rings. The van der Waals surface area contributed by atoms with Gasteiger partial charge in [0.05, 0.1) is 6.61 Å². The summed E-state index contributed by atoms with van der Waals surface area (Å²) in [6.45, 7) is 1.12. The Labute approximate surface area is 133 Å². The Bertz CT molecular complexity index is 632. The van der Waals surface area contributed by atoms with E-state index in [4.69, 9.17) is 4.74 Å². The molecule has 0 unspecified atom stereocenters. The summed E-state index contributed by atoms with van der Waals surface area (Å²) in [5, 5.41) is 7.49. The highest BCUT2D eigenvalue weighted by atomic mass is 16.5. The van der Waals surface area contributed by atoms with Crippen molar-refractivity contribution in [3.8, 4) is 5.75 Å². The molecule has 3 rings (SSSR count). The van der Waals surface area contributed by atoms with Gasteiger partial charge >= 0.3 is 6.03 Å². The second-order valence-corrected chi connectivity index (χ2v) is 5.85. The lowest BCUT2D eigenvalue weighted by Gasteiger charge is -2.25. The van der Waals surface area contributed by atoms with Gasteiger partial charge in [0.1, 0.15) is 11.8 Å². The van der Waals surface area contributed by atoms with Crippen LogP contribution in [0.3, 0.4) is 0 Å². The number of amides is 4. The maximum Gasteiger partial charge on any atom is 0.322 e. The molecule has 2 heterocycles. The van der Waals surface area contributed by atoms with Gasteiger partial charge in [-0.15, -0.1) is 0 Å². The lowest BCUT2D eigenvalue weighted by Crippen LogP contribution is -2.36. The van der Waals surface area contributed by atoms with Gasteiger partial charge in [-0.25, -0.2) is 4.79 Å². The topological polar surface area (TPSA) is 96.5 Å². The zero-order chi connectivity index (χ0) is 16.2. The van der Waals surface area contributed by atoms with Crippen molar-refractivity contribution in [2.75, 3.05) is 13.2 Å². The van der Waals surface area contributed by atoms with Crippen LogP contribution in [0.5, 0.6) is 5.75 Å². The van der Waals surface area contributed by atoms with Gasteiger partial charge in [-0.2, -0.15) is 0 Å². The molecule has 1 saturated heterocycles. The van der Waals surface area contributed by atoms with Crippen molar-refractivity contribution in [1.29, 1.82) is 0 Å². The summed E-state index contributed by atoms with van der Waals surface area (Å²) >= 11 is 0. The van der Waals surface area contributed by atoms with Gasteiger partial charge in [-0.05, 0) is 24.5 Å². The van der Waals surface area contributed by atoms with Crippen molar-refractivity contribution in [2.24, 2.45) is 5.92 Å². The van der Waals surface area contributed by atoms with E-state index in [1.54, 1.807) is 0 Å². The van der Waals surface area contributed by atoms with Crippen molar-refractivity contribution in [1.82, 2.24) is 16.0 Å². The average molecular weight is 317 g/mol. The minimum absolute atomic E-state index is 0.127. The monoisotopic (exact) mass is 317 g/mol. The van der Waals surface area contributed by atoms with Gasteiger partial charge in [0.25, 0.3) is 5.91 Å².